The normalized spacial score (nSPS) is 13.7. The summed E-state index contributed by atoms with van der Waals surface area (Å²) in [6.07, 6.45) is 1.37. The largest absolute Gasteiger partial charge is 0.389 e. The summed E-state index contributed by atoms with van der Waals surface area (Å²) in [5.41, 5.74) is -0.101. The van der Waals surface area contributed by atoms with Crippen LogP contribution in [0.15, 0.2) is 22.7 Å². The Morgan fingerprint density at radius 2 is 2.00 bits per heavy atom. The average molecular weight is 318 g/mol. The zero-order valence-corrected chi connectivity index (χ0v) is 12.7. The predicted octanol–water partition coefficient (Wildman–Crippen LogP) is 3.79. The lowest BCUT2D eigenvalue weighted by Gasteiger charge is -2.28. The molecule has 0 aliphatic rings. The van der Waals surface area contributed by atoms with Gasteiger partial charge in [-0.3, -0.25) is 0 Å². The lowest BCUT2D eigenvalue weighted by Crippen LogP contribution is -2.40. The minimum absolute atomic E-state index is 0.132. The van der Waals surface area contributed by atoms with Crippen LogP contribution in [-0.4, -0.2) is 17.3 Å². The monoisotopic (exact) mass is 317 g/mol. The Kier molecular flexibility index (Phi) is 5.76. The van der Waals surface area contributed by atoms with E-state index in [0.29, 0.717) is 24.9 Å². The van der Waals surface area contributed by atoms with E-state index in [1.165, 1.54) is 6.07 Å². The van der Waals surface area contributed by atoms with Crippen LogP contribution in [0.5, 0.6) is 0 Å². The standard InChI is InChI=1S/C14H21BrFNO/c1-4-14(18,5-2)9-17-10(3)12-8-11(15)6-7-13(12)16/h6-8,10,17-18H,4-5,9H2,1-3H3. The predicted molar refractivity (Wildman–Crippen MR) is 76.0 cm³/mol. The van der Waals surface area contributed by atoms with Crippen molar-refractivity contribution in [1.82, 2.24) is 5.32 Å². The van der Waals surface area contributed by atoms with Crippen molar-refractivity contribution in [3.8, 4) is 0 Å². The van der Waals surface area contributed by atoms with Gasteiger partial charge in [-0.15, -0.1) is 0 Å². The molecule has 1 atom stereocenters. The third-order valence-electron chi connectivity index (χ3n) is 3.48. The molecule has 0 radical (unpaired) electrons. The quantitative estimate of drug-likeness (QED) is 0.836. The number of nitrogens with one attached hydrogen (secondary N) is 1. The Morgan fingerprint density at radius 3 is 2.56 bits per heavy atom. The van der Waals surface area contributed by atoms with Crippen LogP contribution in [0.25, 0.3) is 0 Å². The molecule has 2 N–H and O–H groups in total. The third-order valence-corrected chi connectivity index (χ3v) is 3.97. The first kappa shape index (κ1) is 15.6. The summed E-state index contributed by atoms with van der Waals surface area (Å²) in [5.74, 6) is -0.227. The first-order valence-electron chi connectivity index (χ1n) is 6.32. The van der Waals surface area contributed by atoms with E-state index in [-0.39, 0.29) is 11.9 Å². The fourth-order valence-electron chi connectivity index (χ4n) is 1.80. The van der Waals surface area contributed by atoms with Gasteiger partial charge in [0.1, 0.15) is 5.82 Å². The highest BCUT2D eigenvalue weighted by Gasteiger charge is 2.23. The van der Waals surface area contributed by atoms with Gasteiger partial charge in [-0.05, 0) is 38.0 Å². The fourth-order valence-corrected chi connectivity index (χ4v) is 2.18. The van der Waals surface area contributed by atoms with Crippen molar-refractivity contribution >= 4 is 15.9 Å². The topological polar surface area (TPSA) is 32.3 Å². The second-order valence-electron chi connectivity index (χ2n) is 4.70. The van der Waals surface area contributed by atoms with E-state index in [1.54, 1.807) is 12.1 Å². The third kappa shape index (κ3) is 4.04. The van der Waals surface area contributed by atoms with Gasteiger partial charge in [-0.2, -0.15) is 0 Å². The number of halogens is 2. The molecule has 2 nitrogen and oxygen atoms in total. The molecule has 1 rings (SSSR count). The summed E-state index contributed by atoms with van der Waals surface area (Å²) in [6, 6.07) is 4.76. The van der Waals surface area contributed by atoms with E-state index in [2.05, 4.69) is 21.2 Å². The molecule has 102 valence electrons. The van der Waals surface area contributed by atoms with Crippen molar-refractivity contribution in [3.63, 3.8) is 0 Å². The van der Waals surface area contributed by atoms with Crippen molar-refractivity contribution in [2.75, 3.05) is 6.54 Å². The summed E-state index contributed by atoms with van der Waals surface area (Å²) >= 11 is 3.34. The summed E-state index contributed by atoms with van der Waals surface area (Å²) in [4.78, 5) is 0. The highest BCUT2D eigenvalue weighted by Crippen LogP contribution is 2.22. The number of benzene rings is 1. The van der Waals surface area contributed by atoms with Gasteiger partial charge in [0.15, 0.2) is 0 Å². The van der Waals surface area contributed by atoms with Gasteiger partial charge in [0.2, 0.25) is 0 Å². The van der Waals surface area contributed by atoms with Crippen LogP contribution in [0.3, 0.4) is 0 Å². The maximum absolute atomic E-state index is 13.7. The Balaban J connectivity index is 2.71. The molecule has 0 saturated carbocycles. The number of hydrogen-bond acceptors (Lipinski definition) is 2. The second-order valence-corrected chi connectivity index (χ2v) is 5.62. The molecule has 0 aromatic heterocycles. The Bertz CT molecular complexity index is 393. The SMILES string of the molecule is CCC(O)(CC)CNC(C)c1cc(Br)ccc1F. The molecular weight excluding hydrogens is 297 g/mol. The molecule has 0 heterocycles. The van der Waals surface area contributed by atoms with Gasteiger partial charge in [-0.1, -0.05) is 29.8 Å². The van der Waals surface area contributed by atoms with Gasteiger partial charge >= 0.3 is 0 Å². The molecule has 1 unspecified atom stereocenters. The van der Waals surface area contributed by atoms with E-state index in [4.69, 9.17) is 0 Å². The zero-order valence-electron chi connectivity index (χ0n) is 11.1. The van der Waals surface area contributed by atoms with Crippen LogP contribution in [0, 0.1) is 5.82 Å². The Labute approximate surface area is 117 Å². The summed E-state index contributed by atoms with van der Waals surface area (Å²) in [6.45, 7) is 6.27. The van der Waals surface area contributed by atoms with Crippen LogP contribution >= 0.6 is 15.9 Å². The van der Waals surface area contributed by atoms with Crippen molar-refractivity contribution < 1.29 is 9.50 Å². The van der Waals surface area contributed by atoms with E-state index in [0.717, 1.165) is 4.47 Å². The Morgan fingerprint density at radius 1 is 1.39 bits per heavy atom. The fraction of sp³-hybridized carbons (Fsp3) is 0.571. The number of rotatable bonds is 6. The molecule has 0 bridgehead atoms. The minimum Gasteiger partial charge on any atom is -0.389 e. The molecule has 0 amide bonds. The van der Waals surface area contributed by atoms with E-state index in [9.17, 15) is 9.50 Å². The highest BCUT2D eigenvalue weighted by atomic mass is 79.9. The first-order chi connectivity index (χ1) is 8.41. The zero-order chi connectivity index (χ0) is 13.8. The highest BCUT2D eigenvalue weighted by molar-refractivity contribution is 9.10. The molecular formula is C14H21BrFNO. The molecule has 1 aromatic carbocycles. The van der Waals surface area contributed by atoms with Gasteiger partial charge in [0, 0.05) is 22.6 Å². The lowest BCUT2D eigenvalue weighted by molar-refractivity contribution is 0.0302. The smallest absolute Gasteiger partial charge is 0.128 e. The van der Waals surface area contributed by atoms with Crippen LogP contribution in [0.1, 0.15) is 45.2 Å². The summed E-state index contributed by atoms with van der Waals surface area (Å²) < 4.78 is 14.5. The van der Waals surface area contributed by atoms with Crippen LogP contribution in [0.4, 0.5) is 4.39 Å². The number of aliphatic hydroxyl groups is 1. The molecule has 1 aromatic rings. The summed E-state index contributed by atoms with van der Waals surface area (Å²) in [5, 5.41) is 13.4. The molecule has 4 heteroatoms. The first-order valence-corrected chi connectivity index (χ1v) is 7.12. The Hall–Kier alpha value is -0.450. The van der Waals surface area contributed by atoms with Crippen molar-refractivity contribution in [2.24, 2.45) is 0 Å². The van der Waals surface area contributed by atoms with Crippen LogP contribution in [-0.2, 0) is 0 Å². The van der Waals surface area contributed by atoms with E-state index in [1.807, 2.05) is 20.8 Å². The maximum atomic E-state index is 13.7. The summed E-state index contributed by atoms with van der Waals surface area (Å²) in [7, 11) is 0. The molecule has 0 fully saturated rings. The molecule has 0 spiro atoms. The maximum Gasteiger partial charge on any atom is 0.128 e. The van der Waals surface area contributed by atoms with Crippen LogP contribution in [0.2, 0.25) is 0 Å². The van der Waals surface area contributed by atoms with Gasteiger partial charge in [0.05, 0.1) is 5.60 Å². The lowest BCUT2D eigenvalue weighted by atomic mass is 9.96. The van der Waals surface area contributed by atoms with Crippen molar-refractivity contribution in [3.05, 3.63) is 34.1 Å². The van der Waals surface area contributed by atoms with E-state index < -0.39 is 5.60 Å². The van der Waals surface area contributed by atoms with Gasteiger partial charge in [-0.25, -0.2) is 4.39 Å². The molecule has 0 aliphatic heterocycles. The van der Waals surface area contributed by atoms with Crippen LogP contribution < -0.4 is 5.32 Å². The van der Waals surface area contributed by atoms with Crippen molar-refractivity contribution in [1.29, 1.82) is 0 Å². The second kappa shape index (κ2) is 6.64. The number of hydrogen-bond donors (Lipinski definition) is 2. The minimum atomic E-state index is -0.712. The van der Waals surface area contributed by atoms with E-state index >= 15 is 0 Å². The average Bonchev–Trinajstić information content (AvgIpc) is 2.38. The van der Waals surface area contributed by atoms with Gasteiger partial charge in [0.25, 0.3) is 0 Å². The van der Waals surface area contributed by atoms with Gasteiger partial charge < -0.3 is 10.4 Å². The molecule has 0 aliphatic carbocycles. The molecule has 18 heavy (non-hydrogen) atoms. The molecule has 0 saturated heterocycles. The van der Waals surface area contributed by atoms with Crippen molar-refractivity contribution in [2.45, 2.75) is 45.3 Å².